The summed E-state index contributed by atoms with van der Waals surface area (Å²) >= 11 is 3.38. The minimum atomic E-state index is -0.685. The van der Waals surface area contributed by atoms with Crippen LogP contribution in [0, 0.1) is 0 Å². The average molecular weight is 623 g/mol. The van der Waals surface area contributed by atoms with Crippen molar-refractivity contribution in [1.29, 1.82) is 0 Å². The van der Waals surface area contributed by atoms with E-state index in [9.17, 15) is 4.79 Å². The summed E-state index contributed by atoms with van der Waals surface area (Å²) in [6.45, 7) is 4.66. The SMILES string of the molecule is CC1(C)Oc2cc3c(=O)c(CCSCN)c4n(c3cc2O1)CS4.COc1cc(CCCCNc2ccc(N)nc2)ccn1. The number of thioether (sulfide) groups is 2. The lowest BCUT2D eigenvalue weighted by atomic mass is 10.1. The number of pyridine rings is 3. The first-order valence-corrected chi connectivity index (χ1v) is 16.4. The normalized spacial score (nSPS) is 14.0. The first kappa shape index (κ1) is 30.8. The first-order valence-electron chi connectivity index (χ1n) is 14.2. The molecule has 0 spiro atoms. The fourth-order valence-electron chi connectivity index (χ4n) is 4.94. The molecule has 6 rings (SSSR count). The Labute approximate surface area is 259 Å². The number of benzene rings is 1. The van der Waals surface area contributed by atoms with Crippen LogP contribution in [0.5, 0.6) is 17.4 Å². The molecular weight excluding hydrogens is 585 g/mol. The number of ether oxygens (including phenoxy) is 3. The van der Waals surface area contributed by atoms with Gasteiger partial charge in [-0.05, 0) is 61.3 Å². The molecule has 0 saturated heterocycles. The molecule has 12 heteroatoms. The second-order valence-electron chi connectivity index (χ2n) is 10.6. The van der Waals surface area contributed by atoms with Crippen LogP contribution in [-0.4, -0.2) is 45.6 Å². The van der Waals surface area contributed by atoms with E-state index in [2.05, 4.69) is 19.9 Å². The predicted molar refractivity (Wildman–Crippen MR) is 175 cm³/mol. The van der Waals surface area contributed by atoms with E-state index in [0.29, 0.717) is 34.5 Å². The zero-order valence-electron chi connectivity index (χ0n) is 24.7. The van der Waals surface area contributed by atoms with Gasteiger partial charge in [-0.3, -0.25) is 4.79 Å². The molecule has 3 aromatic heterocycles. The summed E-state index contributed by atoms with van der Waals surface area (Å²) in [6.07, 6.45) is 7.52. The number of fused-ring (bicyclic) bond motifs is 4. The van der Waals surface area contributed by atoms with Crippen LogP contribution in [0.4, 0.5) is 11.5 Å². The quantitative estimate of drug-likeness (QED) is 0.149. The van der Waals surface area contributed by atoms with E-state index in [1.807, 2.05) is 44.2 Å². The summed E-state index contributed by atoms with van der Waals surface area (Å²) in [4.78, 5) is 21.1. The molecule has 0 aliphatic carbocycles. The van der Waals surface area contributed by atoms with Gasteiger partial charge in [-0.1, -0.05) is 11.8 Å². The molecule has 10 nitrogen and oxygen atoms in total. The summed E-state index contributed by atoms with van der Waals surface area (Å²) in [7, 11) is 1.64. The lowest BCUT2D eigenvalue weighted by Crippen LogP contribution is -2.29. The summed E-state index contributed by atoms with van der Waals surface area (Å²) < 4.78 is 18.9. The maximum absolute atomic E-state index is 12.9. The molecule has 2 aliphatic rings. The van der Waals surface area contributed by atoms with Crippen molar-refractivity contribution >= 4 is 45.9 Å². The van der Waals surface area contributed by atoms with Crippen molar-refractivity contribution < 1.29 is 14.2 Å². The molecule has 2 aliphatic heterocycles. The number of unbranched alkanes of at least 4 members (excludes halogenated alkanes) is 1. The number of rotatable bonds is 11. The molecule has 228 valence electrons. The molecule has 43 heavy (non-hydrogen) atoms. The number of hydrogen-bond acceptors (Lipinski definition) is 11. The Bertz CT molecular complexity index is 1630. The molecule has 0 unspecified atom stereocenters. The van der Waals surface area contributed by atoms with Gasteiger partial charge in [-0.15, -0.1) is 11.8 Å². The summed E-state index contributed by atoms with van der Waals surface area (Å²) in [5.74, 6) is 4.20. The Morgan fingerprint density at radius 3 is 2.63 bits per heavy atom. The number of nitrogens with two attached hydrogens (primary N) is 2. The Kier molecular flexibility index (Phi) is 9.89. The largest absolute Gasteiger partial charge is 0.481 e. The van der Waals surface area contributed by atoms with Gasteiger partial charge >= 0.3 is 0 Å². The van der Waals surface area contributed by atoms with Crippen molar-refractivity contribution in [3.05, 3.63) is 70.1 Å². The van der Waals surface area contributed by atoms with Gasteiger partial charge in [0.1, 0.15) is 5.82 Å². The standard InChI is InChI=1S/C16H18N2O3S2.C15H20N4O/c1-16(2)20-12-5-10-11(6-13(12)21-16)18-8-23-15(18)9(14(10)19)3-4-22-7-17;1-20-15-10-12(7-9-18-15)4-2-3-8-17-13-5-6-14(16)19-11-13/h5-6H,3-4,7-8,17H2,1-2H3;5-7,9-11,17H,2-4,8H2,1H3,(H2,16,19). The van der Waals surface area contributed by atoms with Gasteiger partial charge in [0.25, 0.3) is 0 Å². The van der Waals surface area contributed by atoms with Gasteiger partial charge in [0.15, 0.2) is 16.9 Å². The molecule has 4 aromatic rings. The first-order chi connectivity index (χ1) is 20.8. The summed E-state index contributed by atoms with van der Waals surface area (Å²) in [6, 6.07) is 11.5. The number of aromatic nitrogens is 3. The number of nitrogens with zero attached hydrogens (tertiary/aromatic N) is 3. The molecule has 0 atom stereocenters. The van der Waals surface area contributed by atoms with Gasteiger partial charge in [0.05, 0.1) is 35.4 Å². The van der Waals surface area contributed by atoms with Crippen molar-refractivity contribution in [1.82, 2.24) is 14.5 Å². The maximum Gasteiger partial charge on any atom is 0.246 e. The zero-order chi connectivity index (χ0) is 30.4. The number of aryl methyl sites for hydroxylation is 1. The van der Waals surface area contributed by atoms with Crippen molar-refractivity contribution in [2.45, 2.75) is 56.2 Å². The molecule has 1 aromatic carbocycles. The van der Waals surface area contributed by atoms with Crippen LogP contribution in [-0.2, 0) is 18.7 Å². The Morgan fingerprint density at radius 1 is 1.12 bits per heavy atom. The van der Waals surface area contributed by atoms with E-state index in [-0.39, 0.29) is 5.43 Å². The van der Waals surface area contributed by atoms with E-state index in [1.54, 1.807) is 49.1 Å². The third-order valence-corrected chi connectivity index (χ3v) is 8.90. The Balaban J connectivity index is 0.000000173. The molecular formula is C31H38N6O4S2. The van der Waals surface area contributed by atoms with Crippen molar-refractivity contribution in [3.8, 4) is 17.4 Å². The number of anilines is 2. The van der Waals surface area contributed by atoms with Crippen LogP contribution in [0.3, 0.4) is 0 Å². The molecule has 0 radical (unpaired) electrons. The second kappa shape index (κ2) is 13.8. The van der Waals surface area contributed by atoms with Crippen LogP contribution >= 0.6 is 23.5 Å². The van der Waals surface area contributed by atoms with Crippen LogP contribution in [0.25, 0.3) is 10.9 Å². The van der Waals surface area contributed by atoms with Crippen LogP contribution in [0.2, 0.25) is 0 Å². The van der Waals surface area contributed by atoms with E-state index in [1.165, 1.54) is 5.56 Å². The van der Waals surface area contributed by atoms with Gasteiger partial charge in [0.2, 0.25) is 11.7 Å². The lowest BCUT2D eigenvalue weighted by Gasteiger charge is -2.27. The van der Waals surface area contributed by atoms with E-state index < -0.39 is 5.79 Å². The number of hydrogen-bond donors (Lipinski definition) is 3. The average Bonchev–Trinajstić information content (AvgIpc) is 3.28. The highest BCUT2D eigenvalue weighted by Gasteiger charge is 2.33. The molecule has 0 bridgehead atoms. The minimum absolute atomic E-state index is 0.104. The Hall–Kier alpha value is -3.61. The van der Waals surface area contributed by atoms with Crippen molar-refractivity contribution in [2.75, 3.05) is 36.3 Å². The lowest BCUT2D eigenvalue weighted by molar-refractivity contribution is -0.0431. The number of methoxy groups -OCH3 is 1. The fourth-order valence-corrected chi connectivity index (χ4v) is 6.45. The van der Waals surface area contributed by atoms with Gasteiger partial charge in [0, 0.05) is 55.5 Å². The smallest absolute Gasteiger partial charge is 0.246 e. The van der Waals surface area contributed by atoms with Gasteiger partial charge in [-0.25, -0.2) is 9.97 Å². The highest BCUT2D eigenvalue weighted by molar-refractivity contribution is 7.99. The number of nitrogens with one attached hydrogen (secondary N) is 1. The monoisotopic (exact) mass is 622 g/mol. The predicted octanol–water partition coefficient (Wildman–Crippen LogP) is 5.27. The summed E-state index contributed by atoms with van der Waals surface area (Å²) in [5, 5.41) is 5.12. The van der Waals surface area contributed by atoms with Crippen molar-refractivity contribution in [3.63, 3.8) is 0 Å². The second-order valence-corrected chi connectivity index (χ2v) is 12.7. The Morgan fingerprint density at radius 2 is 1.93 bits per heavy atom. The maximum atomic E-state index is 12.9. The third kappa shape index (κ3) is 7.49. The third-order valence-electron chi connectivity index (χ3n) is 7.05. The zero-order valence-corrected chi connectivity index (χ0v) is 26.4. The van der Waals surface area contributed by atoms with E-state index in [4.69, 9.17) is 25.7 Å². The van der Waals surface area contributed by atoms with Crippen LogP contribution < -0.4 is 36.4 Å². The molecule has 5 heterocycles. The molecule has 5 N–H and O–H groups in total. The highest BCUT2D eigenvalue weighted by Crippen LogP contribution is 2.44. The topological polar surface area (TPSA) is 140 Å². The van der Waals surface area contributed by atoms with E-state index in [0.717, 1.165) is 65.7 Å². The molecule has 0 fully saturated rings. The van der Waals surface area contributed by atoms with Crippen molar-refractivity contribution in [2.24, 2.45) is 5.73 Å². The molecule has 0 saturated carbocycles. The van der Waals surface area contributed by atoms with Gasteiger partial charge in [-0.2, -0.15) is 0 Å². The molecule has 0 amide bonds. The van der Waals surface area contributed by atoms with Crippen LogP contribution in [0.15, 0.2) is 58.6 Å². The summed E-state index contributed by atoms with van der Waals surface area (Å²) in [5.41, 5.74) is 15.3. The number of nitrogen functional groups attached to an aromatic ring is 1. The minimum Gasteiger partial charge on any atom is -0.481 e. The van der Waals surface area contributed by atoms with Gasteiger partial charge < -0.3 is 35.6 Å². The fraction of sp³-hybridized carbons (Fsp3) is 0.387. The highest BCUT2D eigenvalue weighted by atomic mass is 32.2. The van der Waals surface area contributed by atoms with Crippen LogP contribution in [0.1, 0.15) is 37.8 Å². The van der Waals surface area contributed by atoms with E-state index >= 15 is 0 Å².